The van der Waals surface area contributed by atoms with E-state index in [1.807, 2.05) is 58.2 Å². The van der Waals surface area contributed by atoms with Crippen LogP contribution in [0.2, 0.25) is 0 Å². The quantitative estimate of drug-likeness (QED) is 0.213. The van der Waals surface area contributed by atoms with Gasteiger partial charge in [-0.05, 0) is 75.6 Å². The Morgan fingerprint density at radius 1 is 0.875 bits per heavy atom. The van der Waals surface area contributed by atoms with Crippen molar-refractivity contribution in [3.63, 3.8) is 0 Å². The van der Waals surface area contributed by atoms with Gasteiger partial charge in [-0.3, -0.25) is 5.01 Å². The number of aryl methyl sites for hydroxylation is 2. The van der Waals surface area contributed by atoms with Crippen LogP contribution in [0.15, 0.2) is 77.1 Å². The number of hydrogen-bond donors (Lipinski definition) is 0. The molecular weight excluding hydrogens is 394 g/mol. The Bertz CT molecular complexity index is 1320. The van der Waals surface area contributed by atoms with E-state index in [0.29, 0.717) is 0 Å². The van der Waals surface area contributed by atoms with Crippen molar-refractivity contribution in [3.8, 4) is 17.5 Å². The van der Waals surface area contributed by atoms with E-state index in [1.54, 1.807) is 0 Å². The predicted octanol–water partition coefficient (Wildman–Crippen LogP) is 6.38. The summed E-state index contributed by atoms with van der Waals surface area (Å²) in [4.78, 5) is 0. The molecule has 0 saturated carbocycles. The Hall–Kier alpha value is -3.91. The third-order valence-electron chi connectivity index (χ3n) is 5.30. The van der Waals surface area contributed by atoms with Crippen LogP contribution in [0, 0.1) is 25.7 Å². The van der Waals surface area contributed by atoms with Gasteiger partial charge in [0.15, 0.2) is 0 Å². The molecule has 3 aromatic carbocycles. The van der Waals surface area contributed by atoms with Crippen LogP contribution >= 0.6 is 0 Å². The van der Waals surface area contributed by atoms with Crippen LogP contribution in [-0.2, 0) is 0 Å². The van der Waals surface area contributed by atoms with Crippen LogP contribution in [0.1, 0.15) is 36.2 Å². The van der Waals surface area contributed by atoms with Gasteiger partial charge < -0.3 is 0 Å². The molecule has 5 nitrogen and oxygen atoms in total. The minimum Gasteiger partial charge on any atom is -0.279 e. The van der Waals surface area contributed by atoms with Crippen molar-refractivity contribution in [1.29, 1.82) is 0 Å². The van der Waals surface area contributed by atoms with Crippen molar-refractivity contribution in [2.45, 2.75) is 27.7 Å². The van der Waals surface area contributed by atoms with E-state index in [-0.39, 0.29) is 0 Å². The maximum Gasteiger partial charge on any atom is 0.125 e. The monoisotopic (exact) mass is 421 g/mol. The minimum atomic E-state index is 0.765. The lowest BCUT2D eigenvalue weighted by molar-refractivity contribution is 0.300. The molecule has 0 spiro atoms. The van der Waals surface area contributed by atoms with Crippen LogP contribution in [0.25, 0.3) is 16.6 Å². The molecule has 0 bridgehead atoms. The van der Waals surface area contributed by atoms with Gasteiger partial charge in [0, 0.05) is 18.5 Å². The van der Waals surface area contributed by atoms with E-state index in [9.17, 15) is 0 Å². The van der Waals surface area contributed by atoms with E-state index < -0.39 is 0 Å². The highest BCUT2D eigenvalue weighted by atomic mass is 15.5. The molecule has 0 amide bonds. The maximum absolute atomic E-state index is 4.82. The highest BCUT2D eigenvalue weighted by Crippen LogP contribution is 2.24. The van der Waals surface area contributed by atoms with E-state index in [2.05, 4.69) is 68.1 Å². The number of para-hydroxylation sites is 1. The summed E-state index contributed by atoms with van der Waals surface area (Å²) in [5.41, 5.74) is 6.70. The second-order valence-corrected chi connectivity index (χ2v) is 7.72. The average molecular weight is 422 g/mol. The van der Waals surface area contributed by atoms with Crippen LogP contribution in [0.5, 0.6) is 0 Å². The normalized spacial score (nSPS) is 11.0. The topological polar surface area (TPSA) is 45.8 Å². The first-order valence-corrected chi connectivity index (χ1v) is 10.9. The molecule has 0 aliphatic carbocycles. The fraction of sp³-hybridized carbons (Fsp3) is 0.222. The third kappa shape index (κ3) is 4.55. The van der Waals surface area contributed by atoms with Crippen LogP contribution < -0.4 is 0 Å². The van der Waals surface area contributed by atoms with E-state index >= 15 is 0 Å². The van der Waals surface area contributed by atoms with Crippen LogP contribution in [0.4, 0.5) is 5.69 Å². The highest BCUT2D eigenvalue weighted by Gasteiger charge is 2.11. The molecule has 0 fully saturated rings. The maximum atomic E-state index is 4.82. The number of hydrogen-bond acceptors (Lipinski definition) is 3. The van der Waals surface area contributed by atoms with Gasteiger partial charge in [0.05, 0.1) is 16.8 Å². The van der Waals surface area contributed by atoms with E-state index in [1.165, 1.54) is 5.56 Å². The summed E-state index contributed by atoms with van der Waals surface area (Å²) < 4.78 is 1.92. The minimum absolute atomic E-state index is 0.765. The highest BCUT2D eigenvalue weighted by molar-refractivity contribution is 5.86. The SMILES string of the molecule is CCN(CC)N=Nc1ccc(C)cc1C#Cc1c2cc(C)ccc2nn1-c1ccccc1. The molecule has 0 aliphatic heterocycles. The number of fused-ring (bicyclic) bond motifs is 1. The first-order valence-electron chi connectivity index (χ1n) is 10.9. The molecule has 0 radical (unpaired) electrons. The molecule has 5 heteroatoms. The first kappa shape index (κ1) is 21.3. The summed E-state index contributed by atoms with van der Waals surface area (Å²) in [6.07, 6.45) is 0. The molecule has 160 valence electrons. The molecular formula is C27H27N5. The Morgan fingerprint density at radius 2 is 1.59 bits per heavy atom. The van der Waals surface area contributed by atoms with Crippen LogP contribution in [0.3, 0.4) is 0 Å². The Labute approximate surface area is 189 Å². The summed E-state index contributed by atoms with van der Waals surface area (Å²) in [6, 6.07) is 22.4. The predicted molar refractivity (Wildman–Crippen MR) is 130 cm³/mol. The van der Waals surface area contributed by atoms with Gasteiger partial charge in [0.1, 0.15) is 11.4 Å². The summed E-state index contributed by atoms with van der Waals surface area (Å²) >= 11 is 0. The van der Waals surface area contributed by atoms with Crippen molar-refractivity contribution in [3.05, 3.63) is 89.1 Å². The Balaban J connectivity index is 1.85. The van der Waals surface area contributed by atoms with Crippen LogP contribution in [-0.4, -0.2) is 27.9 Å². The Morgan fingerprint density at radius 3 is 2.34 bits per heavy atom. The fourth-order valence-corrected chi connectivity index (χ4v) is 3.50. The first-order chi connectivity index (χ1) is 15.6. The molecule has 0 atom stereocenters. The summed E-state index contributed by atoms with van der Waals surface area (Å²) in [5.74, 6) is 6.75. The molecule has 0 saturated heterocycles. The second-order valence-electron chi connectivity index (χ2n) is 7.72. The lowest BCUT2D eigenvalue weighted by atomic mass is 10.1. The number of benzene rings is 3. The van der Waals surface area contributed by atoms with Gasteiger partial charge in [0.25, 0.3) is 0 Å². The van der Waals surface area contributed by atoms with Crippen molar-refractivity contribution >= 4 is 16.6 Å². The molecule has 4 aromatic rings. The molecule has 32 heavy (non-hydrogen) atoms. The molecule has 0 unspecified atom stereocenters. The van der Waals surface area contributed by atoms with Gasteiger partial charge in [-0.2, -0.15) is 5.10 Å². The lowest BCUT2D eigenvalue weighted by Gasteiger charge is -2.11. The zero-order chi connectivity index (χ0) is 22.5. The smallest absolute Gasteiger partial charge is 0.125 e. The van der Waals surface area contributed by atoms with E-state index in [0.717, 1.165) is 52.2 Å². The zero-order valence-corrected chi connectivity index (χ0v) is 19.0. The van der Waals surface area contributed by atoms with Gasteiger partial charge in [-0.1, -0.05) is 47.0 Å². The molecule has 1 aromatic heterocycles. The number of aromatic nitrogens is 2. The van der Waals surface area contributed by atoms with Crippen molar-refractivity contribution in [1.82, 2.24) is 14.8 Å². The van der Waals surface area contributed by atoms with Gasteiger partial charge in [-0.25, -0.2) is 4.68 Å². The number of nitrogens with zero attached hydrogens (tertiary/aromatic N) is 5. The average Bonchev–Trinajstić information content (AvgIpc) is 3.17. The van der Waals surface area contributed by atoms with Gasteiger partial charge in [0.2, 0.25) is 0 Å². The van der Waals surface area contributed by atoms with Crippen molar-refractivity contribution in [2.75, 3.05) is 13.1 Å². The summed E-state index contributed by atoms with van der Waals surface area (Å²) in [6.45, 7) is 9.90. The fourth-order valence-electron chi connectivity index (χ4n) is 3.50. The summed E-state index contributed by atoms with van der Waals surface area (Å²) in [7, 11) is 0. The molecule has 0 aliphatic rings. The summed E-state index contributed by atoms with van der Waals surface area (Å²) in [5, 5.41) is 16.6. The molecule has 0 N–H and O–H groups in total. The standard InChI is InChI=1S/C27H27N5/c1-5-31(6-2)30-28-25-15-12-20(3)18-22(25)14-17-27-24-19-21(4)13-16-26(24)29-32(27)23-10-8-7-9-11-23/h7-13,15-16,18-19H,5-6H2,1-4H3. The van der Waals surface area contributed by atoms with Gasteiger partial charge >= 0.3 is 0 Å². The van der Waals surface area contributed by atoms with Gasteiger partial charge in [-0.15, -0.1) is 5.11 Å². The largest absolute Gasteiger partial charge is 0.279 e. The lowest BCUT2D eigenvalue weighted by Crippen LogP contribution is -2.14. The molecule has 1 heterocycles. The van der Waals surface area contributed by atoms with E-state index in [4.69, 9.17) is 5.10 Å². The Kier molecular flexibility index (Phi) is 6.32. The number of rotatable bonds is 5. The zero-order valence-electron chi connectivity index (χ0n) is 19.0. The van der Waals surface area contributed by atoms with Crippen molar-refractivity contribution in [2.24, 2.45) is 10.3 Å². The third-order valence-corrected chi connectivity index (χ3v) is 5.30. The molecule has 4 rings (SSSR count). The van der Waals surface area contributed by atoms with Crippen molar-refractivity contribution < 1.29 is 0 Å². The second kappa shape index (κ2) is 9.49.